The second-order valence-electron chi connectivity index (χ2n) is 9.11. The van der Waals surface area contributed by atoms with Crippen molar-refractivity contribution < 1.29 is 44.1 Å². The molecule has 2 aliphatic rings. The second-order valence-corrected chi connectivity index (χ2v) is 9.11. The maximum atomic E-state index is 11.8. The van der Waals surface area contributed by atoms with Crippen molar-refractivity contribution in [1.29, 1.82) is 0 Å². The first-order valence-electron chi connectivity index (χ1n) is 12.5. The maximum absolute atomic E-state index is 11.8. The summed E-state index contributed by atoms with van der Waals surface area (Å²) >= 11 is 0. The summed E-state index contributed by atoms with van der Waals surface area (Å²) in [5.74, 6) is 0.264. The van der Waals surface area contributed by atoms with Crippen LogP contribution in [-0.2, 0) is 23.7 Å². The highest BCUT2D eigenvalue weighted by atomic mass is 16.6. The van der Waals surface area contributed by atoms with Gasteiger partial charge in [0.15, 0.2) is 23.9 Å². The molecule has 226 valence electrons. The Bertz CT molecular complexity index is 1400. The fourth-order valence-electron chi connectivity index (χ4n) is 4.57. The molecular formula is C23H33N7O11. The molecule has 2 aliphatic heterocycles. The quantitative estimate of drug-likeness (QED) is 0.134. The molecule has 8 atom stereocenters. The molecule has 0 spiro atoms. The Morgan fingerprint density at radius 2 is 1.63 bits per heavy atom. The normalized spacial score (nSPS) is 29.5. The molecule has 3 aromatic heterocycles. The number of aliphatic hydroxyl groups excluding tert-OH is 4. The Labute approximate surface area is 231 Å². The Hall–Kier alpha value is -3.33. The number of methoxy groups -OCH3 is 2. The molecule has 0 saturated carbocycles. The van der Waals surface area contributed by atoms with E-state index in [4.69, 9.17) is 29.4 Å². The minimum Gasteiger partial charge on any atom is -0.394 e. The van der Waals surface area contributed by atoms with E-state index >= 15 is 0 Å². The molecule has 41 heavy (non-hydrogen) atoms. The van der Waals surface area contributed by atoms with Gasteiger partial charge < -0.3 is 49.8 Å². The number of nitrogens with two attached hydrogens (primary N) is 1. The summed E-state index contributed by atoms with van der Waals surface area (Å²) in [6.07, 6.45) is -2.65. The number of nitrogens with zero attached hydrogens (tertiary/aromatic N) is 5. The van der Waals surface area contributed by atoms with E-state index in [1.165, 1.54) is 33.1 Å². The Kier molecular flexibility index (Phi) is 10.1. The van der Waals surface area contributed by atoms with Gasteiger partial charge in [0.1, 0.15) is 48.5 Å². The van der Waals surface area contributed by atoms with Crippen molar-refractivity contribution in [2.75, 3.05) is 46.4 Å². The first-order chi connectivity index (χ1) is 19.7. The molecule has 3 aromatic rings. The third-order valence-corrected chi connectivity index (χ3v) is 6.64. The fourth-order valence-corrected chi connectivity index (χ4v) is 4.57. The van der Waals surface area contributed by atoms with Crippen molar-refractivity contribution >= 4 is 17.0 Å². The van der Waals surface area contributed by atoms with Gasteiger partial charge in [0.2, 0.25) is 0 Å². The van der Waals surface area contributed by atoms with Crippen LogP contribution in [0.25, 0.3) is 11.2 Å². The first-order valence-corrected chi connectivity index (χ1v) is 12.5. The molecule has 0 bridgehead atoms. The molecule has 18 nitrogen and oxygen atoms in total. The van der Waals surface area contributed by atoms with Crippen molar-refractivity contribution in [3.63, 3.8) is 0 Å². The number of aliphatic hydroxyl groups is 4. The van der Waals surface area contributed by atoms with E-state index in [0.717, 1.165) is 10.6 Å². The second kappa shape index (κ2) is 13.6. The van der Waals surface area contributed by atoms with Gasteiger partial charge in [-0.25, -0.2) is 19.7 Å². The van der Waals surface area contributed by atoms with Gasteiger partial charge >= 0.3 is 5.69 Å². The Morgan fingerprint density at radius 1 is 0.976 bits per heavy atom. The lowest BCUT2D eigenvalue weighted by Crippen LogP contribution is -2.39. The Balaban J connectivity index is 0.000000189. The number of hydrogen-bond donors (Lipinski definition) is 6. The van der Waals surface area contributed by atoms with Crippen LogP contribution in [0.1, 0.15) is 12.5 Å². The predicted octanol–water partition coefficient (Wildman–Crippen LogP) is -3.51. The maximum Gasteiger partial charge on any atom is 0.330 e. The number of aromatic nitrogens is 6. The van der Waals surface area contributed by atoms with E-state index in [1.807, 2.05) is 0 Å². The molecular weight excluding hydrogens is 550 g/mol. The zero-order chi connectivity index (χ0) is 29.7. The lowest BCUT2D eigenvalue weighted by Gasteiger charge is -2.22. The first kappa shape index (κ1) is 30.6. The summed E-state index contributed by atoms with van der Waals surface area (Å²) in [6, 6.07) is 1.16. The summed E-state index contributed by atoms with van der Waals surface area (Å²) in [4.78, 5) is 37.1. The van der Waals surface area contributed by atoms with Crippen molar-refractivity contribution in [2.24, 2.45) is 0 Å². The molecule has 5 rings (SSSR count). The third kappa shape index (κ3) is 6.30. The number of anilines is 1. The zero-order valence-corrected chi connectivity index (χ0v) is 22.2. The minimum atomic E-state index is -1.10. The van der Waals surface area contributed by atoms with Crippen LogP contribution in [0.2, 0.25) is 0 Å². The van der Waals surface area contributed by atoms with Crippen LogP contribution in [0.3, 0.4) is 0 Å². The molecule has 2 saturated heterocycles. The van der Waals surface area contributed by atoms with Crippen LogP contribution in [0.15, 0.2) is 34.5 Å². The SMILES string of the molecule is COCCO[C@H]1C(O)[C@@H](CO)O[C@H]1n1ccc(=O)[nH]c1=O.CO[C@H]1C(O)[C@@H](CO)O[C@H]1n1cnc2c(N)ncnc21. The zero-order valence-electron chi connectivity index (χ0n) is 22.2. The topological polar surface area (TPSA) is 252 Å². The van der Waals surface area contributed by atoms with Gasteiger partial charge in [0.05, 0.1) is 32.8 Å². The summed E-state index contributed by atoms with van der Waals surface area (Å²) in [5, 5.41) is 38.5. The Morgan fingerprint density at radius 3 is 2.24 bits per heavy atom. The standard InChI is InChI=1S/C12H18N2O7.C11H15N5O4/c1-19-4-5-20-10-9(17)7(6-15)21-11(10)14-3-2-8(16)13-12(14)18;1-19-8-7(18)5(2-17)20-11(8)16-4-15-6-9(12)13-3-14-10(6)16/h2-3,7,9-11,15,17H,4-6H2,1H3,(H,13,16,18);3-5,7-8,11,17-18H,2H2,1H3,(H2,12,13,14)/t7-,9?,10+,11-;5-,7?,8+,11-/m11/s1. The number of ether oxygens (including phenoxy) is 5. The van der Waals surface area contributed by atoms with Gasteiger partial charge in [-0.3, -0.25) is 18.9 Å². The average Bonchev–Trinajstić information content (AvgIpc) is 3.63. The number of nitrogens with one attached hydrogen (secondary N) is 1. The van der Waals surface area contributed by atoms with Gasteiger partial charge in [-0.15, -0.1) is 0 Å². The number of nitrogen functional groups attached to an aromatic ring is 1. The van der Waals surface area contributed by atoms with Gasteiger partial charge in [-0.05, 0) is 0 Å². The molecule has 0 aliphatic carbocycles. The highest BCUT2D eigenvalue weighted by Gasteiger charge is 2.46. The lowest BCUT2D eigenvalue weighted by atomic mass is 10.1. The monoisotopic (exact) mass is 583 g/mol. The van der Waals surface area contributed by atoms with Crippen LogP contribution in [-0.4, -0.2) is 127 Å². The van der Waals surface area contributed by atoms with Crippen LogP contribution in [0.4, 0.5) is 5.82 Å². The van der Waals surface area contributed by atoms with E-state index in [2.05, 4.69) is 19.9 Å². The van der Waals surface area contributed by atoms with Gasteiger partial charge in [-0.1, -0.05) is 0 Å². The fraction of sp³-hybridized carbons (Fsp3) is 0.609. The highest BCUT2D eigenvalue weighted by Crippen LogP contribution is 2.33. The molecule has 0 aromatic carbocycles. The molecule has 0 amide bonds. The van der Waals surface area contributed by atoms with Crippen molar-refractivity contribution in [3.8, 4) is 0 Å². The third-order valence-electron chi connectivity index (χ3n) is 6.64. The number of H-pyrrole nitrogens is 1. The largest absolute Gasteiger partial charge is 0.394 e. The van der Waals surface area contributed by atoms with Crippen molar-refractivity contribution in [3.05, 3.63) is 45.8 Å². The van der Waals surface area contributed by atoms with Gasteiger partial charge in [0, 0.05) is 26.5 Å². The predicted molar refractivity (Wildman–Crippen MR) is 137 cm³/mol. The molecule has 5 heterocycles. The lowest BCUT2D eigenvalue weighted by molar-refractivity contribution is -0.0819. The molecule has 7 N–H and O–H groups in total. The number of aromatic amines is 1. The highest BCUT2D eigenvalue weighted by molar-refractivity contribution is 5.81. The van der Waals surface area contributed by atoms with Crippen molar-refractivity contribution in [2.45, 2.75) is 49.1 Å². The number of rotatable bonds is 9. The molecule has 2 unspecified atom stereocenters. The minimum absolute atomic E-state index is 0.189. The van der Waals surface area contributed by atoms with Crippen LogP contribution in [0, 0.1) is 0 Å². The van der Waals surface area contributed by atoms with Gasteiger partial charge in [-0.2, -0.15) is 0 Å². The van der Waals surface area contributed by atoms with E-state index < -0.39 is 66.9 Å². The van der Waals surface area contributed by atoms with E-state index in [1.54, 1.807) is 4.57 Å². The van der Waals surface area contributed by atoms with Crippen molar-refractivity contribution in [1.82, 2.24) is 29.1 Å². The molecule has 2 fully saturated rings. The summed E-state index contributed by atoms with van der Waals surface area (Å²) < 4.78 is 29.4. The smallest absolute Gasteiger partial charge is 0.330 e. The number of hydrogen-bond acceptors (Lipinski definition) is 15. The van der Waals surface area contributed by atoms with E-state index in [9.17, 15) is 30.0 Å². The van der Waals surface area contributed by atoms with Crippen LogP contribution in [0.5, 0.6) is 0 Å². The van der Waals surface area contributed by atoms with E-state index in [-0.39, 0.29) is 19.0 Å². The summed E-state index contributed by atoms with van der Waals surface area (Å²) in [7, 11) is 2.97. The number of imidazole rings is 1. The van der Waals surface area contributed by atoms with Crippen LogP contribution >= 0.6 is 0 Å². The summed E-state index contributed by atoms with van der Waals surface area (Å²) in [6.45, 7) is -0.226. The molecule has 18 heteroatoms. The van der Waals surface area contributed by atoms with Gasteiger partial charge in [0.25, 0.3) is 5.56 Å². The molecule has 0 radical (unpaired) electrons. The van der Waals surface area contributed by atoms with Crippen LogP contribution < -0.4 is 17.0 Å². The summed E-state index contributed by atoms with van der Waals surface area (Å²) in [5.41, 5.74) is 5.44. The average molecular weight is 584 g/mol. The number of fused-ring (bicyclic) bond motifs is 1. The van der Waals surface area contributed by atoms with E-state index in [0.29, 0.717) is 17.8 Å².